The van der Waals surface area contributed by atoms with Gasteiger partial charge < -0.3 is 9.88 Å². The number of allylic oxidation sites excluding steroid dienone is 10. The van der Waals surface area contributed by atoms with E-state index >= 15 is 0 Å². The van der Waals surface area contributed by atoms with Crippen molar-refractivity contribution >= 4 is 22.7 Å². The maximum Gasteiger partial charge on any atom is 0.0569 e. The lowest BCUT2D eigenvalue weighted by Gasteiger charge is -2.32. The fourth-order valence-corrected chi connectivity index (χ4v) is 4.56. The summed E-state index contributed by atoms with van der Waals surface area (Å²) >= 11 is 0. The molecule has 0 aliphatic heterocycles. The molecule has 0 aliphatic rings. The average Bonchev–Trinajstić information content (AvgIpc) is 3.32. The van der Waals surface area contributed by atoms with Crippen LogP contribution in [0.4, 0.5) is 5.69 Å². The fraction of sp³-hybridized carbons (Fsp3) is 0.231. The third kappa shape index (κ3) is 8.35. The van der Waals surface area contributed by atoms with Crippen molar-refractivity contribution in [2.24, 2.45) is 0 Å². The monoisotopic (exact) mass is 546 g/mol. The third-order valence-electron chi connectivity index (χ3n) is 6.51. The molecule has 41 heavy (non-hydrogen) atoms. The van der Waals surface area contributed by atoms with Gasteiger partial charge in [0.15, 0.2) is 0 Å². The first-order chi connectivity index (χ1) is 19.9. The zero-order chi connectivity index (χ0) is 30.9. The minimum Gasteiger partial charge on any atom is -0.355 e. The number of nitrogens with zero attached hydrogens (tertiary/aromatic N) is 1. The quantitative estimate of drug-likeness (QED) is 0.251. The number of hydrogen-bond donors (Lipinski definition) is 1. The molecule has 0 amide bonds. The smallest absolute Gasteiger partial charge is 0.0569 e. The molecule has 0 saturated carbocycles. The van der Waals surface area contributed by atoms with E-state index in [4.69, 9.17) is 0 Å². The van der Waals surface area contributed by atoms with Crippen LogP contribution >= 0.6 is 0 Å². The summed E-state index contributed by atoms with van der Waals surface area (Å²) in [6.45, 7) is 30.4. The first-order valence-electron chi connectivity index (χ1n) is 14.6. The molecular weight excluding hydrogens is 496 g/mol. The number of aryl methyl sites for hydroxylation is 2. The molecule has 0 saturated heterocycles. The van der Waals surface area contributed by atoms with E-state index in [-0.39, 0.29) is 0 Å². The fourth-order valence-electron chi connectivity index (χ4n) is 4.56. The lowest BCUT2D eigenvalue weighted by molar-refractivity contribution is 1.09. The molecule has 2 nitrogen and oxygen atoms in total. The van der Waals surface area contributed by atoms with E-state index < -0.39 is 0 Å². The van der Waals surface area contributed by atoms with Crippen LogP contribution in [-0.4, -0.2) is 4.98 Å². The minimum absolute atomic E-state index is 1.03. The van der Waals surface area contributed by atoms with Gasteiger partial charge in [-0.05, 0) is 93.3 Å². The lowest BCUT2D eigenvalue weighted by atomic mass is 9.96. The van der Waals surface area contributed by atoms with Crippen molar-refractivity contribution in [1.29, 1.82) is 0 Å². The lowest BCUT2D eigenvalue weighted by Crippen LogP contribution is -2.23. The second-order valence-electron chi connectivity index (χ2n) is 8.91. The number of aromatic amines is 1. The minimum atomic E-state index is 1.03. The number of anilines is 1. The summed E-state index contributed by atoms with van der Waals surface area (Å²) in [5.74, 6) is 0. The normalized spacial score (nSPS) is 12.1. The first kappa shape index (κ1) is 34.7. The largest absolute Gasteiger partial charge is 0.355 e. The van der Waals surface area contributed by atoms with E-state index in [1.807, 2.05) is 58.9 Å². The highest BCUT2D eigenvalue weighted by Gasteiger charge is 2.22. The number of fused-ring (bicyclic) bond motifs is 1. The molecule has 0 atom stereocenters. The highest BCUT2D eigenvalue weighted by molar-refractivity contribution is 5.94. The van der Waals surface area contributed by atoms with Crippen LogP contribution < -0.4 is 4.90 Å². The van der Waals surface area contributed by atoms with Crippen LogP contribution in [0.2, 0.25) is 0 Å². The number of hydrogen-bond acceptors (Lipinski definition) is 1. The Balaban J connectivity index is 0.00000201. The van der Waals surface area contributed by atoms with E-state index in [0.717, 1.165) is 45.0 Å². The van der Waals surface area contributed by atoms with Crippen LogP contribution in [0.25, 0.3) is 28.1 Å². The molecule has 3 rings (SSSR count). The predicted octanol–water partition coefficient (Wildman–Crippen LogP) is 12.2. The maximum atomic E-state index is 4.01. The molecule has 0 spiro atoms. The van der Waals surface area contributed by atoms with Gasteiger partial charge in [-0.25, -0.2) is 0 Å². The maximum absolute atomic E-state index is 4.01. The van der Waals surface area contributed by atoms with Crippen LogP contribution in [0, 0.1) is 13.8 Å². The highest BCUT2D eigenvalue weighted by atomic mass is 15.2. The van der Waals surface area contributed by atoms with Gasteiger partial charge in [0.25, 0.3) is 0 Å². The van der Waals surface area contributed by atoms with Gasteiger partial charge in [-0.1, -0.05) is 108 Å². The van der Waals surface area contributed by atoms with Crippen molar-refractivity contribution in [3.8, 4) is 11.1 Å². The summed E-state index contributed by atoms with van der Waals surface area (Å²) in [5, 5.41) is 1.21. The Labute approximate surface area is 250 Å². The van der Waals surface area contributed by atoms with Crippen LogP contribution in [0.3, 0.4) is 0 Å². The molecule has 1 heterocycles. The van der Waals surface area contributed by atoms with Crippen molar-refractivity contribution in [1.82, 2.24) is 4.98 Å². The molecule has 216 valence electrons. The van der Waals surface area contributed by atoms with Gasteiger partial charge in [-0.15, -0.1) is 0 Å². The molecule has 2 heteroatoms. The Morgan fingerprint density at radius 2 is 1.56 bits per heavy atom. The van der Waals surface area contributed by atoms with Crippen LogP contribution in [0.5, 0.6) is 0 Å². The standard InChI is InChI=1S/C35H38N2.2C2H6/c1-9-14-21-32-27(8)31-24-28(22-23-33(31)36-32)30-20-15-19-26(7)35(30)37(29(16-10-2)17-11-3)34(18-12-4)25(6)13-5;2*1-2/h9-24,36H,1-2,4H2,3,5-8H3;2*1-2H3/b17-11-,21-14-,25-13-,29-16+,34-18+;;. The molecule has 1 aromatic heterocycles. The van der Waals surface area contributed by atoms with E-state index in [1.165, 1.54) is 16.5 Å². The van der Waals surface area contributed by atoms with Crippen LogP contribution in [0.1, 0.15) is 65.3 Å². The van der Waals surface area contributed by atoms with Gasteiger partial charge in [0, 0.05) is 33.6 Å². The Morgan fingerprint density at radius 1 is 0.878 bits per heavy atom. The van der Waals surface area contributed by atoms with Crippen molar-refractivity contribution in [2.75, 3.05) is 4.90 Å². The first-order valence-corrected chi connectivity index (χ1v) is 14.6. The Morgan fingerprint density at radius 3 is 2.15 bits per heavy atom. The van der Waals surface area contributed by atoms with Crippen LogP contribution in [-0.2, 0) is 0 Å². The topological polar surface area (TPSA) is 19.0 Å². The van der Waals surface area contributed by atoms with E-state index in [1.54, 1.807) is 6.08 Å². The zero-order valence-electron chi connectivity index (χ0n) is 26.8. The Kier molecular flexibility index (Phi) is 15.4. The number of aromatic nitrogens is 1. The van der Waals surface area contributed by atoms with Crippen LogP contribution in [0.15, 0.2) is 128 Å². The van der Waals surface area contributed by atoms with Gasteiger partial charge >= 0.3 is 0 Å². The molecule has 0 bridgehead atoms. The SMILES string of the molecule is C=C/C=C\c1[nH]c2ccc(-c3cccc(C)c3N(C(/C=C\C)=C/C=C)C(=C/C=C)/C(C)=C\C)cc2c1C.CC.CC. The van der Waals surface area contributed by atoms with E-state index in [2.05, 4.69) is 124 Å². The van der Waals surface area contributed by atoms with Crippen molar-refractivity contribution in [3.05, 3.63) is 145 Å². The second-order valence-corrected chi connectivity index (χ2v) is 8.91. The molecule has 0 fully saturated rings. The summed E-state index contributed by atoms with van der Waals surface area (Å²) in [4.78, 5) is 5.85. The molecule has 1 N–H and O–H groups in total. The average molecular weight is 547 g/mol. The second kappa shape index (κ2) is 18.1. The Hall–Kier alpha value is -4.30. The molecule has 3 aromatic rings. The number of para-hydroxylation sites is 1. The van der Waals surface area contributed by atoms with Crippen molar-refractivity contribution in [3.63, 3.8) is 0 Å². The van der Waals surface area contributed by atoms with Crippen molar-refractivity contribution < 1.29 is 0 Å². The molecular formula is C39H50N2. The van der Waals surface area contributed by atoms with Gasteiger partial charge in [-0.2, -0.15) is 0 Å². The predicted molar refractivity (Wildman–Crippen MR) is 188 cm³/mol. The number of H-pyrrole nitrogens is 1. The summed E-state index contributed by atoms with van der Waals surface area (Å²) in [6.07, 6.45) is 19.9. The molecule has 0 radical (unpaired) electrons. The molecule has 0 unspecified atom stereocenters. The summed E-state index contributed by atoms with van der Waals surface area (Å²) in [7, 11) is 0. The van der Waals surface area contributed by atoms with Gasteiger partial charge in [0.1, 0.15) is 0 Å². The van der Waals surface area contributed by atoms with Gasteiger partial charge in [-0.3, -0.25) is 0 Å². The third-order valence-corrected chi connectivity index (χ3v) is 6.51. The van der Waals surface area contributed by atoms with E-state index in [9.17, 15) is 0 Å². The summed E-state index contributed by atoms with van der Waals surface area (Å²) in [6, 6.07) is 13.2. The zero-order valence-corrected chi connectivity index (χ0v) is 26.8. The number of benzene rings is 2. The van der Waals surface area contributed by atoms with Crippen molar-refractivity contribution in [2.45, 2.75) is 62.3 Å². The molecule has 2 aromatic carbocycles. The highest BCUT2D eigenvalue weighted by Crippen LogP contribution is 2.41. The number of nitrogens with one attached hydrogen (secondary N) is 1. The Bertz CT molecular complexity index is 1460. The number of rotatable bonds is 10. The molecule has 0 aliphatic carbocycles. The summed E-state index contributed by atoms with van der Waals surface area (Å²) in [5.41, 5.74) is 11.3. The van der Waals surface area contributed by atoms with Gasteiger partial charge in [0.05, 0.1) is 5.69 Å². The van der Waals surface area contributed by atoms with E-state index in [0.29, 0.717) is 0 Å². The summed E-state index contributed by atoms with van der Waals surface area (Å²) < 4.78 is 0. The van der Waals surface area contributed by atoms with Gasteiger partial charge in [0.2, 0.25) is 0 Å².